The van der Waals surface area contributed by atoms with Crippen molar-refractivity contribution >= 4 is 28.4 Å². The molecule has 1 aliphatic carbocycles. The molecular formula is C10H17IO2. The maximum atomic E-state index is 11.9. The number of carbonyl (C=O) groups excluding carboxylic acids is 1. The summed E-state index contributed by atoms with van der Waals surface area (Å²) in [6.07, 6.45) is 3.99. The van der Waals surface area contributed by atoms with Gasteiger partial charge in [-0.25, -0.2) is 0 Å². The van der Waals surface area contributed by atoms with Crippen LogP contribution in [0.25, 0.3) is 0 Å². The van der Waals surface area contributed by atoms with Gasteiger partial charge in [0.1, 0.15) is 5.78 Å². The second-order valence-electron chi connectivity index (χ2n) is 3.73. The summed E-state index contributed by atoms with van der Waals surface area (Å²) in [7, 11) is 1.69. The van der Waals surface area contributed by atoms with Crippen LogP contribution in [0.3, 0.4) is 0 Å². The summed E-state index contributed by atoms with van der Waals surface area (Å²) in [4.78, 5) is 11.9. The molecule has 0 bridgehead atoms. The van der Waals surface area contributed by atoms with Gasteiger partial charge in [-0.2, -0.15) is 0 Å². The molecule has 0 aliphatic heterocycles. The lowest BCUT2D eigenvalue weighted by atomic mass is 9.81. The first-order valence-electron chi connectivity index (χ1n) is 4.83. The van der Waals surface area contributed by atoms with Crippen molar-refractivity contribution in [1.82, 2.24) is 0 Å². The Morgan fingerprint density at radius 2 is 2.38 bits per heavy atom. The van der Waals surface area contributed by atoms with Crippen molar-refractivity contribution < 1.29 is 9.53 Å². The van der Waals surface area contributed by atoms with Gasteiger partial charge >= 0.3 is 0 Å². The van der Waals surface area contributed by atoms with Gasteiger partial charge in [-0.3, -0.25) is 4.79 Å². The van der Waals surface area contributed by atoms with E-state index < -0.39 is 0 Å². The van der Waals surface area contributed by atoms with Crippen LogP contribution in [-0.2, 0) is 9.53 Å². The molecule has 76 valence electrons. The maximum Gasteiger partial charge on any atom is 0.142 e. The Morgan fingerprint density at radius 3 is 2.77 bits per heavy atom. The fraction of sp³-hybridized carbons (Fsp3) is 0.900. The highest BCUT2D eigenvalue weighted by atomic mass is 127. The molecule has 0 spiro atoms. The van der Waals surface area contributed by atoms with Crippen molar-refractivity contribution in [1.29, 1.82) is 0 Å². The molecule has 0 saturated heterocycles. The number of Topliss-reactive ketones (excluding diaryl/α,β-unsaturated/α-hetero) is 1. The summed E-state index contributed by atoms with van der Waals surface area (Å²) < 4.78 is 5.67. The van der Waals surface area contributed by atoms with E-state index in [0.717, 1.165) is 12.8 Å². The molecule has 0 aromatic heterocycles. The lowest BCUT2D eigenvalue weighted by Crippen LogP contribution is -2.39. The number of hydrogen-bond acceptors (Lipinski definition) is 2. The molecule has 3 heteroatoms. The third-order valence-corrected chi connectivity index (χ3v) is 4.77. The zero-order chi connectivity index (χ0) is 9.90. The van der Waals surface area contributed by atoms with Crippen molar-refractivity contribution in [3.63, 3.8) is 0 Å². The highest BCUT2D eigenvalue weighted by Gasteiger charge is 2.46. The molecule has 2 nitrogen and oxygen atoms in total. The van der Waals surface area contributed by atoms with E-state index in [2.05, 4.69) is 22.6 Å². The Bertz CT molecular complexity index is 193. The van der Waals surface area contributed by atoms with Gasteiger partial charge in [0, 0.05) is 17.5 Å². The quantitative estimate of drug-likeness (QED) is 0.589. The van der Waals surface area contributed by atoms with E-state index in [1.165, 1.54) is 6.42 Å². The Balaban J connectivity index is 2.79. The van der Waals surface area contributed by atoms with E-state index in [4.69, 9.17) is 4.74 Å². The highest BCUT2D eigenvalue weighted by Crippen LogP contribution is 2.44. The predicted molar refractivity (Wildman–Crippen MR) is 61.3 cm³/mol. The van der Waals surface area contributed by atoms with Crippen LogP contribution in [0.1, 0.15) is 32.6 Å². The minimum absolute atomic E-state index is 0.163. The lowest BCUT2D eigenvalue weighted by Gasteiger charge is -2.29. The van der Waals surface area contributed by atoms with Crippen molar-refractivity contribution in [2.75, 3.05) is 13.7 Å². The molecule has 0 N–H and O–H groups in total. The Kier molecular flexibility index (Phi) is 4.16. The van der Waals surface area contributed by atoms with Crippen molar-refractivity contribution in [2.24, 2.45) is 5.41 Å². The zero-order valence-corrected chi connectivity index (χ0v) is 10.5. The number of halogens is 1. The normalized spacial score (nSPS) is 33.6. The summed E-state index contributed by atoms with van der Waals surface area (Å²) in [6, 6.07) is 0. The van der Waals surface area contributed by atoms with Crippen LogP contribution in [0, 0.1) is 5.41 Å². The standard InChI is InChI=1S/C10H17IO2/c1-3-9(12)10(7-13-2)6-4-5-8(10)11/h8H,3-7H2,1-2H3. The fourth-order valence-electron chi connectivity index (χ4n) is 2.20. The van der Waals surface area contributed by atoms with E-state index in [1.54, 1.807) is 7.11 Å². The largest absolute Gasteiger partial charge is 0.384 e. The number of rotatable bonds is 4. The topological polar surface area (TPSA) is 26.3 Å². The summed E-state index contributed by atoms with van der Waals surface area (Å²) >= 11 is 2.41. The predicted octanol–water partition coefficient (Wildman–Crippen LogP) is 2.59. The van der Waals surface area contributed by atoms with Crippen LogP contribution in [0.2, 0.25) is 0 Å². The lowest BCUT2D eigenvalue weighted by molar-refractivity contribution is -0.130. The van der Waals surface area contributed by atoms with Crippen LogP contribution in [0.5, 0.6) is 0 Å². The van der Waals surface area contributed by atoms with Gasteiger partial charge < -0.3 is 4.74 Å². The minimum Gasteiger partial charge on any atom is -0.384 e. The second kappa shape index (κ2) is 4.73. The Morgan fingerprint density at radius 1 is 1.69 bits per heavy atom. The molecule has 1 fully saturated rings. The summed E-state index contributed by atoms with van der Waals surface area (Å²) in [5.41, 5.74) is -0.163. The van der Waals surface area contributed by atoms with E-state index in [9.17, 15) is 4.79 Å². The number of hydrogen-bond donors (Lipinski definition) is 0. The van der Waals surface area contributed by atoms with E-state index in [0.29, 0.717) is 22.7 Å². The van der Waals surface area contributed by atoms with Gasteiger partial charge in [0.15, 0.2) is 0 Å². The number of ether oxygens (including phenoxy) is 1. The molecule has 1 aliphatic rings. The number of ketones is 1. The molecule has 0 amide bonds. The molecule has 0 aromatic rings. The van der Waals surface area contributed by atoms with Gasteiger partial charge in [-0.05, 0) is 12.8 Å². The first-order chi connectivity index (χ1) is 6.17. The van der Waals surface area contributed by atoms with Crippen molar-refractivity contribution in [2.45, 2.75) is 36.5 Å². The minimum atomic E-state index is -0.163. The average Bonchev–Trinajstić information content (AvgIpc) is 2.48. The van der Waals surface area contributed by atoms with Gasteiger partial charge in [-0.1, -0.05) is 35.9 Å². The maximum absolute atomic E-state index is 11.9. The first-order valence-corrected chi connectivity index (χ1v) is 6.08. The van der Waals surface area contributed by atoms with E-state index >= 15 is 0 Å². The molecule has 2 atom stereocenters. The molecule has 0 heterocycles. The third kappa shape index (κ3) is 2.06. The average molecular weight is 296 g/mol. The number of methoxy groups -OCH3 is 1. The molecule has 2 unspecified atom stereocenters. The van der Waals surface area contributed by atoms with Crippen LogP contribution in [-0.4, -0.2) is 23.4 Å². The monoisotopic (exact) mass is 296 g/mol. The molecular weight excluding hydrogens is 279 g/mol. The summed E-state index contributed by atoms with van der Waals surface area (Å²) in [6.45, 7) is 2.55. The summed E-state index contributed by atoms with van der Waals surface area (Å²) in [5.74, 6) is 0.381. The smallest absolute Gasteiger partial charge is 0.142 e. The molecule has 13 heavy (non-hydrogen) atoms. The SMILES string of the molecule is CCC(=O)C1(COC)CCCC1I. The van der Waals surface area contributed by atoms with Crippen LogP contribution in [0.4, 0.5) is 0 Å². The molecule has 0 aromatic carbocycles. The third-order valence-electron chi connectivity index (χ3n) is 2.96. The first kappa shape index (κ1) is 11.4. The number of alkyl halides is 1. The highest BCUT2D eigenvalue weighted by molar-refractivity contribution is 14.1. The Labute approximate surface area is 93.6 Å². The Hall–Kier alpha value is 0.360. The zero-order valence-electron chi connectivity index (χ0n) is 8.31. The molecule has 1 saturated carbocycles. The van der Waals surface area contributed by atoms with Crippen molar-refractivity contribution in [3.05, 3.63) is 0 Å². The van der Waals surface area contributed by atoms with Crippen molar-refractivity contribution in [3.8, 4) is 0 Å². The van der Waals surface area contributed by atoms with Gasteiger partial charge in [0.2, 0.25) is 0 Å². The fourth-order valence-corrected chi connectivity index (χ4v) is 3.48. The van der Waals surface area contributed by atoms with Crippen LogP contribution in [0.15, 0.2) is 0 Å². The molecule has 1 rings (SSSR count). The van der Waals surface area contributed by atoms with Crippen LogP contribution < -0.4 is 0 Å². The second-order valence-corrected chi connectivity index (χ2v) is 5.23. The summed E-state index contributed by atoms with van der Waals surface area (Å²) in [5, 5.41) is 0. The van der Waals surface area contributed by atoms with Crippen LogP contribution >= 0.6 is 22.6 Å². The van der Waals surface area contributed by atoms with Gasteiger partial charge in [0.25, 0.3) is 0 Å². The van der Waals surface area contributed by atoms with E-state index in [1.807, 2.05) is 6.92 Å². The van der Waals surface area contributed by atoms with Gasteiger partial charge in [-0.15, -0.1) is 0 Å². The van der Waals surface area contributed by atoms with E-state index in [-0.39, 0.29) is 5.41 Å². The van der Waals surface area contributed by atoms with Gasteiger partial charge in [0.05, 0.1) is 12.0 Å². The molecule has 0 radical (unpaired) electrons. The number of carbonyl (C=O) groups is 1.